The Kier molecular flexibility index (Phi) is 3.65. The minimum Gasteiger partial charge on any atom is -0.489 e. The van der Waals surface area contributed by atoms with E-state index in [1.54, 1.807) is 0 Å². The van der Waals surface area contributed by atoms with E-state index in [9.17, 15) is 4.79 Å². The van der Waals surface area contributed by atoms with Crippen molar-refractivity contribution >= 4 is 17.5 Å². The molecule has 19 heavy (non-hydrogen) atoms. The van der Waals surface area contributed by atoms with Crippen LogP contribution in [0.1, 0.15) is 25.7 Å². The number of ether oxygens (including phenoxy) is 1. The molecule has 1 saturated carbocycles. The summed E-state index contributed by atoms with van der Waals surface area (Å²) in [6.07, 6.45) is 4.11. The quantitative estimate of drug-likeness (QED) is 0.851. The molecule has 1 aromatic rings. The van der Waals surface area contributed by atoms with E-state index in [0.717, 1.165) is 44.5 Å². The Morgan fingerprint density at radius 1 is 1.16 bits per heavy atom. The molecular weight excluding hydrogens is 262 g/mol. The molecule has 3 rings (SSSR count). The summed E-state index contributed by atoms with van der Waals surface area (Å²) in [4.78, 5) is 13.9. The number of rotatable bonds is 3. The zero-order valence-electron chi connectivity index (χ0n) is 10.8. The lowest BCUT2D eigenvalue weighted by Gasteiger charge is -2.32. The first-order chi connectivity index (χ1) is 9.24. The molecule has 0 aromatic heterocycles. The van der Waals surface area contributed by atoms with Crippen molar-refractivity contribution in [2.24, 2.45) is 5.92 Å². The number of halogens is 1. The molecule has 4 heteroatoms. The van der Waals surface area contributed by atoms with Crippen molar-refractivity contribution in [1.82, 2.24) is 4.90 Å². The Labute approximate surface area is 118 Å². The van der Waals surface area contributed by atoms with Crippen LogP contribution in [-0.2, 0) is 4.79 Å². The maximum Gasteiger partial charge on any atom is 0.225 e. The number of carbonyl (C=O) groups excluding carboxylic acids is 1. The molecule has 0 atom stereocenters. The molecule has 0 spiro atoms. The maximum absolute atomic E-state index is 11.9. The van der Waals surface area contributed by atoms with Crippen LogP contribution < -0.4 is 4.74 Å². The van der Waals surface area contributed by atoms with E-state index in [2.05, 4.69) is 0 Å². The number of likely N-dealkylation sites (tertiary alicyclic amines) is 1. The van der Waals surface area contributed by atoms with E-state index in [1.165, 1.54) is 0 Å². The van der Waals surface area contributed by atoms with E-state index >= 15 is 0 Å². The van der Waals surface area contributed by atoms with Gasteiger partial charge in [-0.1, -0.05) is 23.7 Å². The fraction of sp³-hybridized carbons (Fsp3) is 0.533. The molecule has 0 bridgehead atoms. The molecule has 1 saturated heterocycles. The topological polar surface area (TPSA) is 29.5 Å². The van der Waals surface area contributed by atoms with Gasteiger partial charge in [-0.05, 0) is 25.0 Å². The maximum atomic E-state index is 11.9. The summed E-state index contributed by atoms with van der Waals surface area (Å²) >= 11 is 6.08. The fourth-order valence-electron chi connectivity index (χ4n) is 2.50. The number of benzene rings is 1. The average molecular weight is 280 g/mol. The third kappa shape index (κ3) is 3.03. The van der Waals surface area contributed by atoms with Crippen LogP contribution in [0.15, 0.2) is 24.3 Å². The number of amides is 1. The van der Waals surface area contributed by atoms with Gasteiger partial charge in [-0.2, -0.15) is 0 Å². The van der Waals surface area contributed by atoms with E-state index in [0.29, 0.717) is 16.8 Å². The molecule has 102 valence electrons. The highest BCUT2D eigenvalue weighted by molar-refractivity contribution is 6.32. The van der Waals surface area contributed by atoms with Gasteiger partial charge < -0.3 is 9.64 Å². The van der Waals surface area contributed by atoms with Gasteiger partial charge in [0.2, 0.25) is 5.91 Å². The van der Waals surface area contributed by atoms with Crippen molar-refractivity contribution < 1.29 is 9.53 Å². The second-order valence-corrected chi connectivity index (χ2v) is 5.75. The molecular formula is C15H18ClNO2. The molecule has 1 amide bonds. The Balaban J connectivity index is 1.53. The van der Waals surface area contributed by atoms with E-state index in [-0.39, 0.29) is 6.10 Å². The van der Waals surface area contributed by atoms with Crippen molar-refractivity contribution in [1.29, 1.82) is 0 Å². The molecule has 2 aliphatic rings. The minimum atomic E-state index is 0.170. The van der Waals surface area contributed by atoms with Gasteiger partial charge >= 0.3 is 0 Å². The van der Waals surface area contributed by atoms with E-state index in [4.69, 9.17) is 16.3 Å². The summed E-state index contributed by atoms with van der Waals surface area (Å²) in [5.41, 5.74) is 0. The second kappa shape index (κ2) is 5.41. The summed E-state index contributed by atoms with van der Waals surface area (Å²) in [6, 6.07) is 7.55. The molecule has 1 aliphatic heterocycles. The van der Waals surface area contributed by atoms with Crippen molar-refractivity contribution in [2.45, 2.75) is 31.8 Å². The molecule has 0 radical (unpaired) electrons. The highest BCUT2D eigenvalue weighted by Crippen LogP contribution is 2.32. The predicted molar refractivity (Wildman–Crippen MR) is 74.4 cm³/mol. The standard InChI is InChI=1S/C15H18ClNO2/c16-13-3-1-2-4-14(13)19-12-7-9-17(10-8-12)15(18)11-5-6-11/h1-4,11-12H,5-10H2. The molecule has 1 aliphatic carbocycles. The molecule has 1 aromatic carbocycles. The third-order valence-electron chi connectivity index (χ3n) is 3.81. The van der Waals surface area contributed by atoms with Gasteiger partial charge in [0, 0.05) is 31.8 Å². The SMILES string of the molecule is O=C(C1CC1)N1CCC(Oc2ccccc2Cl)CC1. The van der Waals surface area contributed by atoms with Crippen LogP contribution in [0.25, 0.3) is 0 Å². The van der Waals surface area contributed by atoms with Crippen molar-refractivity contribution in [2.75, 3.05) is 13.1 Å². The summed E-state index contributed by atoms with van der Waals surface area (Å²) < 4.78 is 5.92. The lowest BCUT2D eigenvalue weighted by atomic mass is 10.1. The molecule has 0 N–H and O–H groups in total. The summed E-state index contributed by atoms with van der Waals surface area (Å²) in [5.74, 6) is 1.41. The van der Waals surface area contributed by atoms with Gasteiger partial charge in [0.15, 0.2) is 0 Å². The Bertz CT molecular complexity index is 465. The predicted octanol–water partition coefficient (Wildman–Crippen LogP) is 3.12. The first-order valence-electron chi connectivity index (χ1n) is 6.94. The largest absolute Gasteiger partial charge is 0.489 e. The monoisotopic (exact) mass is 279 g/mol. The second-order valence-electron chi connectivity index (χ2n) is 5.35. The van der Waals surface area contributed by atoms with Gasteiger partial charge in [-0.3, -0.25) is 4.79 Å². The number of hydrogen-bond acceptors (Lipinski definition) is 2. The summed E-state index contributed by atoms with van der Waals surface area (Å²) in [6.45, 7) is 1.62. The van der Waals surface area contributed by atoms with Gasteiger partial charge in [-0.25, -0.2) is 0 Å². The fourth-order valence-corrected chi connectivity index (χ4v) is 2.68. The summed E-state index contributed by atoms with van der Waals surface area (Å²) in [5, 5.41) is 0.652. The van der Waals surface area contributed by atoms with E-state index < -0.39 is 0 Å². The lowest BCUT2D eigenvalue weighted by molar-refractivity contribution is -0.134. The molecule has 1 heterocycles. The van der Waals surface area contributed by atoms with Crippen molar-refractivity contribution in [3.8, 4) is 5.75 Å². The Morgan fingerprint density at radius 2 is 1.84 bits per heavy atom. The highest BCUT2D eigenvalue weighted by atomic mass is 35.5. The molecule has 2 fully saturated rings. The molecule has 0 unspecified atom stereocenters. The number of para-hydroxylation sites is 1. The van der Waals surface area contributed by atoms with Gasteiger partial charge in [0.05, 0.1) is 5.02 Å². The number of hydrogen-bond donors (Lipinski definition) is 0. The zero-order valence-corrected chi connectivity index (χ0v) is 11.6. The average Bonchev–Trinajstić information content (AvgIpc) is 3.26. The lowest BCUT2D eigenvalue weighted by Crippen LogP contribution is -2.42. The van der Waals surface area contributed by atoms with Gasteiger partial charge in [-0.15, -0.1) is 0 Å². The zero-order chi connectivity index (χ0) is 13.2. The smallest absolute Gasteiger partial charge is 0.225 e. The van der Waals surface area contributed by atoms with Crippen LogP contribution in [0.4, 0.5) is 0 Å². The highest BCUT2D eigenvalue weighted by Gasteiger charge is 2.35. The first kappa shape index (κ1) is 12.8. The van der Waals surface area contributed by atoms with Crippen LogP contribution in [0, 0.1) is 5.92 Å². The summed E-state index contributed by atoms with van der Waals surface area (Å²) in [7, 11) is 0. The molecule has 3 nitrogen and oxygen atoms in total. The van der Waals surface area contributed by atoms with E-state index in [1.807, 2.05) is 29.2 Å². The van der Waals surface area contributed by atoms with Crippen LogP contribution in [-0.4, -0.2) is 30.0 Å². The third-order valence-corrected chi connectivity index (χ3v) is 4.12. The van der Waals surface area contributed by atoms with Crippen LogP contribution in [0.2, 0.25) is 5.02 Å². The number of piperidine rings is 1. The Morgan fingerprint density at radius 3 is 2.47 bits per heavy atom. The normalized spacial score (nSPS) is 20.4. The van der Waals surface area contributed by atoms with Crippen molar-refractivity contribution in [3.05, 3.63) is 29.3 Å². The van der Waals surface area contributed by atoms with Gasteiger partial charge in [0.25, 0.3) is 0 Å². The minimum absolute atomic E-state index is 0.170. The van der Waals surface area contributed by atoms with Crippen molar-refractivity contribution in [3.63, 3.8) is 0 Å². The first-order valence-corrected chi connectivity index (χ1v) is 7.32. The number of nitrogens with zero attached hydrogens (tertiary/aromatic N) is 1. The number of carbonyl (C=O) groups is 1. The van der Waals surface area contributed by atoms with Gasteiger partial charge in [0.1, 0.15) is 11.9 Å². The Hall–Kier alpha value is -1.22. The van der Waals surface area contributed by atoms with Crippen LogP contribution in [0.5, 0.6) is 5.75 Å². The van der Waals surface area contributed by atoms with Crippen LogP contribution >= 0.6 is 11.6 Å². The van der Waals surface area contributed by atoms with Crippen LogP contribution in [0.3, 0.4) is 0 Å².